The molecule has 3 heteroatoms. The van der Waals surface area contributed by atoms with Gasteiger partial charge < -0.3 is 9.13 Å². The first-order chi connectivity index (χ1) is 30.7. The van der Waals surface area contributed by atoms with Gasteiger partial charge in [0.05, 0.1) is 39.1 Å². The highest BCUT2D eigenvalue weighted by Gasteiger charge is 2.19. The number of rotatable bonds is 7. The predicted molar refractivity (Wildman–Crippen MR) is 267 cm³/mol. The molecule has 3 aromatic heterocycles. The Kier molecular flexibility index (Phi) is 9.36. The summed E-state index contributed by atoms with van der Waals surface area (Å²) in [6.07, 6.45) is 0. The van der Waals surface area contributed by atoms with E-state index in [-0.39, 0.29) is 7.43 Å². The molecule has 0 aliphatic carbocycles. The van der Waals surface area contributed by atoms with Crippen molar-refractivity contribution in [2.75, 3.05) is 0 Å². The van der Waals surface area contributed by atoms with Crippen LogP contribution in [0.3, 0.4) is 0 Å². The minimum atomic E-state index is 0. The Morgan fingerprint density at radius 2 is 0.683 bits per heavy atom. The van der Waals surface area contributed by atoms with Gasteiger partial charge in [-0.1, -0.05) is 183 Å². The molecule has 0 saturated carbocycles. The third kappa shape index (κ3) is 6.50. The minimum Gasteiger partial charge on any atom is -0.309 e. The average molecular weight is 806 g/mol. The van der Waals surface area contributed by atoms with Crippen molar-refractivity contribution in [1.29, 1.82) is 0 Å². The number of fused-ring (bicyclic) bond motifs is 6. The van der Waals surface area contributed by atoms with Crippen LogP contribution in [0.15, 0.2) is 237 Å². The standard InChI is InChI=1S/C59H39N3.CH4/c1-3-16-40(17-4-1)41-30-32-42(33-31-41)46-37-53(43-18-5-2-6-19-43)60-54(38-46)45-21-15-20-44(36-45)52-39-47(61-55-26-11-7-22-48(55)49-23-8-12-27-56(49)61)34-35-59(52)62-57-28-13-9-24-50(57)51-25-10-14-29-58(51)62;/h1-39H;1H4. The number of aromatic nitrogens is 3. The Morgan fingerprint density at radius 3 is 1.24 bits per heavy atom. The Labute approximate surface area is 367 Å². The topological polar surface area (TPSA) is 22.8 Å². The zero-order chi connectivity index (χ0) is 41.0. The van der Waals surface area contributed by atoms with E-state index in [1.54, 1.807) is 0 Å². The molecule has 0 unspecified atom stereocenters. The number of nitrogens with zero attached hydrogens (tertiary/aromatic N) is 3. The first-order valence-electron chi connectivity index (χ1n) is 21.2. The van der Waals surface area contributed by atoms with Crippen LogP contribution in [0.25, 0.3) is 111 Å². The van der Waals surface area contributed by atoms with Crippen LogP contribution >= 0.6 is 0 Å². The van der Waals surface area contributed by atoms with Gasteiger partial charge in [0.15, 0.2) is 0 Å². The van der Waals surface area contributed by atoms with E-state index in [4.69, 9.17) is 4.98 Å². The van der Waals surface area contributed by atoms with Crippen molar-refractivity contribution in [2.45, 2.75) is 7.43 Å². The van der Waals surface area contributed by atoms with Crippen molar-refractivity contribution >= 4 is 43.6 Å². The number of benzene rings is 9. The van der Waals surface area contributed by atoms with E-state index in [9.17, 15) is 0 Å². The van der Waals surface area contributed by atoms with Gasteiger partial charge in [-0.05, 0) is 88.5 Å². The van der Waals surface area contributed by atoms with Gasteiger partial charge in [-0.3, -0.25) is 0 Å². The van der Waals surface area contributed by atoms with Gasteiger partial charge in [0.25, 0.3) is 0 Å². The smallest absolute Gasteiger partial charge is 0.0715 e. The molecule has 9 aromatic carbocycles. The maximum atomic E-state index is 5.37. The summed E-state index contributed by atoms with van der Waals surface area (Å²) >= 11 is 0. The Bertz CT molecular complexity index is 3510. The summed E-state index contributed by atoms with van der Waals surface area (Å²) in [5.74, 6) is 0. The lowest BCUT2D eigenvalue weighted by Gasteiger charge is -2.18. The highest BCUT2D eigenvalue weighted by molar-refractivity contribution is 6.11. The van der Waals surface area contributed by atoms with E-state index < -0.39 is 0 Å². The summed E-state index contributed by atoms with van der Waals surface area (Å²) in [5.41, 5.74) is 17.9. The highest BCUT2D eigenvalue weighted by atomic mass is 15.0. The summed E-state index contributed by atoms with van der Waals surface area (Å²) in [6, 6.07) is 85.3. The number of hydrogen-bond acceptors (Lipinski definition) is 1. The monoisotopic (exact) mass is 805 g/mol. The summed E-state index contributed by atoms with van der Waals surface area (Å²) in [7, 11) is 0. The predicted octanol–water partition coefficient (Wildman–Crippen LogP) is 16.2. The van der Waals surface area contributed by atoms with Crippen molar-refractivity contribution in [3.63, 3.8) is 0 Å². The van der Waals surface area contributed by atoms with E-state index in [0.717, 1.165) is 56.1 Å². The third-order valence-electron chi connectivity index (χ3n) is 12.3. The molecule has 298 valence electrons. The Morgan fingerprint density at radius 1 is 0.270 bits per heavy atom. The molecule has 0 aliphatic rings. The number of hydrogen-bond donors (Lipinski definition) is 0. The van der Waals surface area contributed by atoms with Crippen molar-refractivity contribution in [3.05, 3.63) is 237 Å². The van der Waals surface area contributed by atoms with Gasteiger partial charge in [0.1, 0.15) is 0 Å². The number of pyridine rings is 1. The second-order valence-electron chi connectivity index (χ2n) is 16.0. The van der Waals surface area contributed by atoms with Crippen molar-refractivity contribution in [3.8, 4) is 67.3 Å². The molecule has 0 fully saturated rings. The van der Waals surface area contributed by atoms with Gasteiger partial charge in [0, 0.05) is 43.9 Å². The van der Waals surface area contributed by atoms with Crippen molar-refractivity contribution in [2.24, 2.45) is 0 Å². The van der Waals surface area contributed by atoms with E-state index in [1.165, 1.54) is 54.7 Å². The van der Waals surface area contributed by atoms with E-state index >= 15 is 0 Å². The van der Waals surface area contributed by atoms with E-state index in [2.05, 4.69) is 246 Å². The van der Waals surface area contributed by atoms with Gasteiger partial charge in [-0.15, -0.1) is 0 Å². The fourth-order valence-electron chi connectivity index (χ4n) is 9.41. The van der Waals surface area contributed by atoms with Crippen LogP contribution in [0.5, 0.6) is 0 Å². The molecule has 0 amide bonds. The molecule has 0 atom stereocenters. The maximum Gasteiger partial charge on any atom is 0.0715 e. The maximum absolute atomic E-state index is 5.37. The van der Waals surface area contributed by atoms with Gasteiger partial charge in [-0.2, -0.15) is 0 Å². The molecule has 0 spiro atoms. The normalized spacial score (nSPS) is 11.4. The summed E-state index contributed by atoms with van der Waals surface area (Å²) in [5, 5.41) is 4.96. The van der Waals surface area contributed by atoms with Gasteiger partial charge in [-0.25, -0.2) is 4.98 Å². The van der Waals surface area contributed by atoms with Crippen LogP contribution in [0, 0.1) is 0 Å². The van der Waals surface area contributed by atoms with Crippen LogP contribution < -0.4 is 0 Å². The zero-order valence-electron chi connectivity index (χ0n) is 33.9. The molecule has 0 bridgehead atoms. The summed E-state index contributed by atoms with van der Waals surface area (Å²) < 4.78 is 4.85. The van der Waals surface area contributed by atoms with Crippen LogP contribution in [0.4, 0.5) is 0 Å². The molecule has 0 radical (unpaired) electrons. The molecular formula is C60H43N3. The highest BCUT2D eigenvalue weighted by Crippen LogP contribution is 2.41. The second-order valence-corrected chi connectivity index (χ2v) is 16.0. The van der Waals surface area contributed by atoms with Crippen molar-refractivity contribution in [1.82, 2.24) is 14.1 Å². The van der Waals surface area contributed by atoms with Gasteiger partial charge >= 0.3 is 0 Å². The molecule has 3 nitrogen and oxygen atoms in total. The molecule has 63 heavy (non-hydrogen) atoms. The minimum absolute atomic E-state index is 0. The molecule has 3 heterocycles. The Balaban J connectivity index is 0.00000444. The molecule has 12 rings (SSSR count). The van der Waals surface area contributed by atoms with E-state index in [0.29, 0.717) is 0 Å². The molecule has 0 aliphatic heterocycles. The molecular weight excluding hydrogens is 763 g/mol. The quantitative estimate of drug-likeness (QED) is 0.157. The number of para-hydroxylation sites is 4. The zero-order valence-corrected chi connectivity index (χ0v) is 33.9. The summed E-state index contributed by atoms with van der Waals surface area (Å²) in [4.78, 5) is 5.37. The third-order valence-corrected chi connectivity index (χ3v) is 12.3. The van der Waals surface area contributed by atoms with Crippen LogP contribution in [0.2, 0.25) is 0 Å². The summed E-state index contributed by atoms with van der Waals surface area (Å²) in [6.45, 7) is 0. The molecule has 0 saturated heterocycles. The van der Waals surface area contributed by atoms with Crippen LogP contribution in [-0.2, 0) is 0 Å². The second kappa shape index (κ2) is 15.6. The lowest BCUT2D eigenvalue weighted by atomic mass is 9.96. The van der Waals surface area contributed by atoms with Crippen LogP contribution in [0.1, 0.15) is 7.43 Å². The lowest BCUT2D eigenvalue weighted by Crippen LogP contribution is -2.01. The molecule has 12 aromatic rings. The fraction of sp³-hybridized carbons (Fsp3) is 0.0167. The fourth-order valence-corrected chi connectivity index (χ4v) is 9.41. The van der Waals surface area contributed by atoms with Crippen molar-refractivity contribution < 1.29 is 0 Å². The average Bonchev–Trinajstić information content (AvgIpc) is 3.87. The van der Waals surface area contributed by atoms with E-state index in [1.807, 2.05) is 0 Å². The first kappa shape index (κ1) is 37.7. The van der Waals surface area contributed by atoms with Crippen LogP contribution in [-0.4, -0.2) is 14.1 Å². The van der Waals surface area contributed by atoms with Gasteiger partial charge in [0.2, 0.25) is 0 Å². The molecule has 0 N–H and O–H groups in total. The largest absolute Gasteiger partial charge is 0.309 e. The lowest BCUT2D eigenvalue weighted by molar-refractivity contribution is 1.15. The first-order valence-corrected chi connectivity index (χ1v) is 21.2. The SMILES string of the molecule is C.c1ccc(-c2ccc(-c3cc(-c4ccccc4)nc(-c4cccc(-c5cc(-n6c7ccccc7c7ccccc76)ccc5-n5c6ccccc6c6ccccc65)c4)c3)cc2)cc1. The Hall–Kier alpha value is -8.27.